The molecule has 1 heterocycles. The Morgan fingerprint density at radius 3 is 3.00 bits per heavy atom. The van der Waals surface area contributed by atoms with Crippen molar-refractivity contribution in [3.8, 4) is 0 Å². The maximum Gasteiger partial charge on any atom is 0.166 e. The molecule has 1 unspecified atom stereocenters. The molecule has 0 aliphatic rings. The topological polar surface area (TPSA) is 62.5 Å². The second kappa shape index (κ2) is 4.04. The molecule has 1 atom stereocenters. The molecule has 0 spiro atoms. The Morgan fingerprint density at radius 2 is 2.42 bits per heavy atom. The van der Waals surface area contributed by atoms with Crippen molar-refractivity contribution in [1.29, 1.82) is 0 Å². The quantitative estimate of drug-likeness (QED) is 0.606. The van der Waals surface area contributed by atoms with E-state index in [2.05, 4.69) is 0 Å². The number of aldehydes is 1. The normalized spacial score (nSPS) is 12.8. The molecule has 0 saturated heterocycles. The molecule has 0 bridgehead atoms. The van der Waals surface area contributed by atoms with E-state index in [1.165, 1.54) is 0 Å². The van der Waals surface area contributed by atoms with Crippen molar-refractivity contribution in [2.45, 2.75) is 12.6 Å². The van der Waals surface area contributed by atoms with Gasteiger partial charge in [0.25, 0.3) is 0 Å². The molecule has 0 aliphatic carbocycles. The highest BCUT2D eigenvalue weighted by Gasteiger charge is 2.05. The van der Waals surface area contributed by atoms with E-state index in [1.54, 1.807) is 22.9 Å². The smallest absolute Gasteiger partial charge is 0.166 e. The van der Waals surface area contributed by atoms with Crippen molar-refractivity contribution in [2.75, 3.05) is 6.61 Å². The summed E-state index contributed by atoms with van der Waals surface area (Å²) >= 11 is 0. The average Bonchev–Trinajstić information content (AvgIpc) is 2.51. The van der Waals surface area contributed by atoms with Crippen LogP contribution in [0.5, 0.6) is 0 Å². The molecule has 4 nitrogen and oxygen atoms in total. The van der Waals surface area contributed by atoms with Gasteiger partial charge in [0.2, 0.25) is 0 Å². The van der Waals surface area contributed by atoms with Gasteiger partial charge in [-0.1, -0.05) is 0 Å². The van der Waals surface area contributed by atoms with Crippen molar-refractivity contribution in [1.82, 2.24) is 4.57 Å². The number of nitrogens with zero attached hydrogens (tertiary/aromatic N) is 1. The second-order valence-electron chi connectivity index (χ2n) is 2.54. The lowest BCUT2D eigenvalue weighted by Crippen LogP contribution is -2.20. The summed E-state index contributed by atoms with van der Waals surface area (Å²) in [6.45, 7) is -0.0476. The van der Waals surface area contributed by atoms with Crippen LogP contribution in [0.15, 0.2) is 18.3 Å². The fraction of sp³-hybridized carbons (Fsp3) is 0.375. The Hall–Kier alpha value is -1.13. The molecule has 0 aromatic carbocycles. The molecule has 0 aliphatic heterocycles. The molecule has 12 heavy (non-hydrogen) atoms. The molecule has 1 rings (SSSR count). The van der Waals surface area contributed by atoms with Gasteiger partial charge in [0.15, 0.2) is 6.29 Å². The van der Waals surface area contributed by atoms with Gasteiger partial charge in [-0.2, -0.15) is 0 Å². The van der Waals surface area contributed by atoms with Gasteiger partial charge in [0.05, 0.1) is 24.9 Å². The monoisotopic (exact) mass is 169 g/mol. The molecule has 1 aromatic rings. The third-order valence-electron chi connectivity index (χ3n) is 1.60. The molecule has 2 N–H and O–H groups in total. The van der Waals surface area contributed by atoms with Crippen molar-refractivity contribution >= 4 is 6.29 Å². The van der Waals surface area contributed by atoms with Crippen LogP contribution in [-0.4, -0.2) is 33.8 Å². The highest BCUT2D eigenvalue weighted by atomic mass is 16.3. The highest BCUT2D eigenvalue weighted by molar-refractivity contribution is 5.72. The summed E-state index contributed by atoms with van der Waals surface area (Å²) in [6.07, 6.45) is 1.59. The summed E-state index contributed by atoms with van der Waals surface area (Å²) in [5.41, 5.74) is 0.502. The number of aromatic nitrogens is 1. The first-order valence-electron chi connectivity index (χ1n) is 3.67. The van der Waals surface area contributed by atoms with Crippen LogP contribution in [0.3, 0.4) is 0 Å². The summed E-state index contributed by atoms with van der Waals surface area (Å²) in [7, 11) is 0. The molecule has 66 valence electrons. The highest BCUT2D eigenvalue weighted by Crippen LogP contribution is 2.00. The predicted molar refractivity (Wildman–Crippen MR) is 42.9 cm³/mol. The van der Waals surface area contributed by atoms with Crippen LogP contribution in [-0.2, 0) is 6.54 Å². The molecule has 4 heteroatoms. The van der Waals surface area contributed by atoms with Gasteiger partial charge >= 0.3 is 0 Å². The van der Waals surface area contributed by atoms with Crippen LogP contribution in [0.1, 0.15) is 10.5 Å². The van der Waals surface area contributed by atoms with E-state index in [0.29, 0.717) is 12.0 Å². The number of rotatable bonds is 4. The lowest BCUT2D eigenvalue weighted by Gasteiger charge is -2.09. The van der Waals surface area contributed by atoms with Crippen molar-refractivity contribution < 1.29 is 15.0 Å². The van der Waals surface area contributed by atoms with Crippen LogP contribution in [0.4, 0.5) is 0 Å². The van der Waals surface area contributed by atoms with Crippen LogP contribution >= 0.6 is 0 Å². The van der Waals surface area contributed by atoms with Crippen molar-refractivity contribution in [2.24, 2.45) is 0 Å². The van der Waals surface area contributed by atoms with E-state index in [4.69, 9.17) is 10.2 Å². The van der Waals surface area contributed by atoms with E-state index >= 15 is 0 Å². The largest absolute Gasteiger partial charge is 0.394 e. The lowest BCUT2D eigenvalue weighted by atomic mass is 10.3. The summed E-state index contributed by atoms with van der Waals surface area (Å²) in [5, 5.41) is 17.6. The summed E-state index contributed by atoms with van der Waals surface area (Å²) < 4.78 is 1.59. The Morgan fingerprint density at radius 1 is 1.67 bits per heavy atom. The summed E-state index contributed by atoms with van der Waals surface area (Å²) in [5.74, 6) is 0. The van der Waals surface area contributed by atoms with Gasteiger partial charge in [0.1, 0.15) is 0 Å². The second-order valence-corrected chi connectivity index (χ2v) is 2.54. The molecular formula is C8H11NO3. The van der Waals surface area contributed by atoms with Crippen LogP contribution in [0, 0.1) is 0 Å². The Bertz CT molecular complexity index is 257. The van der Waals surface area contributed by atoms with Gasteiger partial charge in [-0.25, -0.2) is 0 Å². The summed E-state index contributed by atoms with van der Waals surface area (Å²) in [6, 6.07) is 3.37. The molecule has 0 saturated carbocycles. The SMILES string of the molecule is O=Cc1cccn1CC(O)CO. The maximum absolute atomic E-state index is 10.4. The van der Waals surface area contributed by atoms with Crippen LogP contribution in [0.2, 0.25) is 0 Å². The number of carbonyl (C=O) groups is 1. The van der Waals surface area contributed by atoms with E-state index in [0.717, 1.165) is 0 Å². The number of carbonyl (C=O) groups excluding carboxylic acids is 1. The predicted octanol–water partition coefficient (Wildman–Crippen LogP) is -0.346. The van der Waals surface area contributed by atoms with Gasteiger partial charge in [-0.3, -0.25) is 4.79 Å². The molecule has 0 fully saturated rings. The van der Waals surface area contributed by atoms with E-state index in [9.17, 15) is 4.79 Å². The molecular weight excluding hydrogens is 158 g/mol. The Balaban J connectivity index is 2.67. The van der Waals surface area contributed by atoms with Crippen LogP contribution < -0.4 is 0 Å². The Labute approximate surface area is 70.1 Å². The first kappa shape index (κ1) is 8.96. The van der Waals surface area contributed by atoms with Gasteiger partial charge in [-0.15, -0.1) is 0 Å². The average molecular weight is 169 g/mol. The zero-order valence-electron chi connectivity index (χ0n) is 6.55. The third-order valence-corrected chi connectivity index (χ3v) is 1.60. The standard InChI is InChI=1S/C8H11NO3/c10-5-7-2-1-3-9(7)4-8(12)6-11/h1-3,5,8,11-12H,4,6H2. The molecule has 0 radical (unpaired) electrons. The number of aliphatic hydroxyl groups excluding tert-OH is 2. The number of hydrogen-bond donors (Lipinski definition) is 2. The van der Waals surface area contributed by atoms with E-state index in [-0.39, 0.29) is 13.2 Å². The minimum atomic E-state index is -0.809. The fourth-order valence-corrected chi connectivity index (χ4v) is 0.985. The van der Waals surface area contributed by atoms with Crippen LogP contribution in [0.25, 0.3) is 0 Å². The van der Waals surface area contributed by atoms with Gasteiger partial charge < -0.3 is 14.8 Å². The minimum Gasteiger partial charge on any atom is -0.394 e. The van der Waals surface area contributed by atoms with Crippen molar-refractivity contribution in [3.63, 3.8) is 0 Å². The van der Waals surface area contributed by atoms with Gasteiger partial charge in [0, 0.05) is 6.20 Å². The van der Waals surface area contributed by atoms with Gasteiger partial charge in [-0.05, 0) is 12.1 Å². The fourth-order valence-electron chi connectivity index (χ4n) is 0.985. The number of hydrogen-bond acceptors (Lipinski definition) is 3. The lowest BCUT2D eigenvalue weighted by molar-refractivity contribution is 0.0803. The zero-order valence-corrected chi connectivity index (χ0v) is 6.55. The molecule has 1 aromatic heterocycles. The van der Waals surface area contributed by atoms with E-state index < -0.39 is 6.10 Å². The Kier molecular flexibility index (Phi) is 3.01. The zero-order chi connectivity index (χ0) is 8.97. The number of aliphatic hydroxyl groups is 2. The minimum absolute atomic E-state index is 0.248. The first-order valence-corrected chi connectivity index (χ1v) is 3.67. The van der Waals surface area contributed by atoms with Crippen molar-refractivity contribution in [3.05, 3.63) is 24.0 Å². The summed E-state index contributed by atoms with van der Waals surface area (Å²) in [4.78, 5) is 10.4. The first-order chi connectivity index (χ1) is 5.77. The third kappa shape index (κ3) is 1.93. The maximum atomic E-state index is 10.4. The van der Waals surface area contributed by atoms with E-state index in [1.807, 2.05) is 0 Å². The molecule has 0 amide bonds.